The third kappa shape index (κ3) is 3.03. The molecular formula is C17H19BrN4O. The summed E-state index contributed by atoms with van der Waals surface area (Å²) < 4.78 is 8.31. The van der Waals surface area contributed by atoms with E-state index in [4.69, 9.17) is 4.74 Å². The van der Waals surface area contributed by atoms with Gasteiger partial charge in [-0.15, -0.1) is 0 Å². The zero-order chi connectivity index (χ0) is 16.4. The average Bonchev–Trinajstić information content (AvgIpc) is 2.87. The first-order valence-corrected chi connectivity index (χ1v) is 8.30. The Morgan fingerprint density at radius 2 is 2.13 bits per heavy atom. The van der Waals surface area contributed by atoms with Crippen molar-refractivity contribution in [3.63, 3.8) is 0 Å². The fraction of sp³-hybridized carbons (Fsp3) is 0.294. The van der Waals surface area contributed by atoms with E-state index < -0.39 is 0 Å². The Balaban J connectivity index is 1.92. The van der Waals surface area contributed by atoms with E-state index in [1.807, 2.05) is 31.4 Å². The number of hydrogen-bond acceptors (Lipinski definition) is 4. The Labute approximate surface area is 143 Å². The topological polar surface area (TPSA) is 52.0 Å². The van der Waals surface area contributed by atoms with Gasteiger partial charge >= 0.3 is 0 Å². The molecule has 1 aromatic carbocycles. The van der Waals surface area contributed by atoms with Gasteiger partial charge in [-0.25, -0.2) is 4.68 Å². The van der Waals surface area contributed by atoms with E-state index in [-0.39, 0.29) is 0 Å². The fourth-order valence-electron chi connectivity index (χ4n) is 2.78. The number of benzene rings is 1. The molecule has 0 radical (unpaired) electrons. The summed E-state index contributed by atoms with van der Waals surface area (Å²) >= 11 is 3.49. The number of nitrogens with zero attached hydrogens (tertiary/aromatic N) is 3. The number of nitrogens with one attached hydrogen (secondary N) is 1. The Morgan fingerprint density at radius 3 is 2.87 bits per heavy atom. The van der Waals surface area contributed by atoms with Gasteiger partial charge in [0.1, 0.15) is 0 Å². The number of rotatable bonds is 5. The summed E-state index contributed by atoms with van der Waals surface area (Å²) in [6.45, 7) is 2.76. The summed E-state index contributed by atoms with van der Waals surface area (Å²) in [6.07, 6.45) is 2.69. The number of ether oxygens (including phenoxy) is 1. The molecule has 120 valence electrons. The van der Waals surface area contributed by atoms with E-state index in [1.54, 1.807) is 11.8 Å². The minimum Gasteiger partial charge on any atom is -0.481 e. The highest BCUT2D eigenvalue weighted by Crippen LogP contribution is 2.27. The van der Waals surface area contributed by atoms with Crippen LogP contribution in [0.5, 0.6) is 5.88 Å². The van der Waals surface area contributed by atoms with Crippen LogP contribution in [0.15, 0.2) is 34.9 Å². The van der Waals surface area contributed by atoms with Crippen LogP contribution in [-0.2, 0) is 20.0 Å². The van der Waals surface area contributed by atoms with Crippen molar-refractivity contribution in [1.29, 1.82) is 0 Å². The van der Waals surface area contributed by atoms with Crippen molar-refractivity contribution in [2.75, 3.05) is 12.4 Å². The maximum atomic E-state index is 5.49. The molecule has 5 nitrogen and oxygen atoms in total. The third-order valence-electron chi connectivity index (χ3n) is 3.86. The molecule has 1 N–H and O–H groups in total. The lowest BCUT2D eigenvalue weighted by Gasteiger charge is -2.11. The van der Waals surface area contributed by atoms with Gasteiger partial charge in [-0.05, 0) is 30.7 Å². The van der Waals surface area contributed by atoms with E-state index in [0.29, 0.717) is 6.54 Å². The Bertz CT molecular complexity index is 844. The van der Waals surface area contributed by atoms with Gasteiger partial charge in [-0.2, -0.15) is 5.10 Å². The Morgan fingerprint density at radius 1 is 1.30 bits per heavy atom. The van der Waals surface area contributed by atoms with E-state index in [2.05, 4.69) is 44.3 Å². The van der Waals surface area contributed by atoms with Crippen molar-refractivity contribution in [3.8, 4) is 5.88 Å². The van der Waals surface area contributed by atoms with Crippen LogP contribution in [0.25, 0.3) is 10.9 Å². The third-order valence-corrected chi connectivity index (χ3v) is 4.35. The molecule has 6 heteroatoms. The number of aromatic nitrogens is 3. The maximum absolute atomic E-state index is 5.49. The molecule has 0 bridgehead atoms. The molecule has 23 heavy (non-hydrogen) atoms. The van der Waals surface area contributed by atoms with Crippen molar-refractivity contribution < 1.29 is 4.74 Å². The van der Waals surface area contributed by atoms with Gasteiger partial charge in [0.15, 0.2) is 0 Å². The lowest BCUT2D eigenvalue weighted by Crippen LogP contribution is -2.04. The molecule has 0 unspecified atom stereocenters. The molecule has 0 atom stereocenters. The molecule has 0 saturated heterocycles. The lowest BCUT2D eigenvalue weighted by atomic mass is 10.1. The number of anilines is 1. The van der Waals surface area contributed by atoms with Gasteiger partial charge in [0, 0.05) is 35.3 Å². The van der Waals surface area contributed by atoms with E-state index in [1.165, 1.54) is 0 Å². The molecule has 0 amide bonds. The average molecular weight is 375 g/mol. The molecular weight excluding hydrogens is 356 g/mol. The van der Waals surface area contributed by atoms with Crippen molar-refractivity contribution >= 4 is 32.5 Å². The van der Waals surface area contributed by atoms with Gasteiger partial charge in [-0.1, -0.05) is 22.9 Å². The van der Waals surface area contributed by atoms with Crippen molar-refractivity contribution in [3.05, 3.63) is 46.2 Å². The number of hydrogen-bond donors (Lipinski definition) is 1. The molecule has 0 spiro atoms. The van der Waals surface area contributed by atoms with E-state index >= 15 is 0 Å². The molecule has 0 aliphatic carbocycles. The minimum absolute atomic E-state index is 0.662. The monoisotopic (exact) mass is 374 g/mol. The van der Waals surface area contributed by atoms with Crippen LogP contribution >= 0.6 is 15.9 Å². The second kappa shape index (κ2) is 6.58. The molecule has 3 aromatic rings. The van der Waals surface area contributed by atoms with Crippen LogP contribution in [-0.4, -0.2) is 21.9 Å². The summed E-state index contributed by atoms with van der Waals surface area (Å²) in [5.41, 5.74) is 4.16. The van der Waals surface area contributed by atoms with Crippen molar-refractivity contribution in [2.24, 2.45) is 7.05 Å². The lowest BCUT2D eigenvalue weighted by molar-refractivity contribution is 0.370. The molecule has 2 aromatic heterocycles. The van der Waals surface area contributed by atoms with Crippen molar-refractivity contribution in [1.82, 2.24) is 14.8 Å². The van der Waals surface area contributed by atoms with Gasteiger partial charge in [0.2, 0.25) is 5.88 Å². The standard InChI is InChI=1S/C17H19BrN4O/c1-4-14-13(17(23-3)22(2)21-14)10-20-15-7-8-19-16-9-11(18)5-6-12(15)16/h5-9H,4,10H2,1-3H3,(H,19,20). The predicted molar refractivity (Wildman–Crippen MR) is 95.9 cm³/mol. The molecule has 0 fully saturated rings. The van der Waals surface area contributed by atoms with Gasteiger partial charge in [0.25, 0.3) is 0 Å². The number of fused-ring (bicyclic) bond motifs is 1. The second-order valence-electron chi connectivity index (χ2n) is 5.29. The van der Waals surface area contributed by atoms with Gasteiger partial charge < -0.3 is 10.1 Å². The minimum atomic E-state index is 0.662. The number of aryl methyl sites for hydroxylation is 2. The van der Waals surface area contributed by atoms with Crippen molar-refractivity contribution in [2.45, 2.75) is 19.9 Å². The first-order chi connectivity index (χ1) is 11.1. The Hall–Kier alpha value is -2.08. The highest BCUT2D eigenvalue weighted by molar-refractivity contribution is 9.10. The highest BCUT2D eigenvalue weighted by Gasteiger charge is 2.15. The zero-order valence-corrected chi connectivity index (χ0v) is 15.0. The van der Waals surface area contributed by atoms with Crippen LogP contribution in [0.1, 0.15) is 18.2 Å². The first-order valence-electron chi connectivity index (χ1n) is 7.51. The first kappa shape index (κ1) is 15.8. The quantitative estimate of drug-likeness (QED) is 0.735. The fourth-order valence-corrected chi connectivity index (χ4v) is 3.13. The summed E-state index contributed by atoms with van der Waals surface area (Å²) in [5.74, 6) is 0.801. The normalized spacial score (nSPS) is 11.0. The SMILES string of the molecule is CCc1nn(C)c(OC)c1CNc1ccnc2cc(Br)ccc12. The van der Waals surface area contributed by atoms with Crippen LogP contribution in [0.3, 0.4) is 0 Å². The number of methoxy groups -OCH3 is 1. The van der Waals surface area contributed by atoms with Crippen LogP contribution < -0.4 is 10.1 Å². The highest BCUT2D eigenvalue weighted by atomic mass is 79.9. The van der Waals surface area contributed by atoms with E-state index in [9.17, 15) is 0 Å². The molecule has 2 heterocycles. The van der Waals surface area contributed by atoms with Gasteiger partial charge in [0.05, 0.1) is 23.9 Å². The number of halogens is 1. The van der Waals surface area contributed by atoms with Gasteiger partial charge in [-0.3, -0.25) is 4.98 Å². The summed E-state index contributed by atoms with van der Waals surface area (Å²) in [5, 5.41) is 9.11. The largest absolute Gasteiger partial charge is 0.481 e. The zero-order valence-electron chi connectivity index (χ0n) is 13.4. The molecule has 3 rings (SSSR count). The maximum Gasteiger partial charge on any atom is 0.216 e. The molecule has 0 saturated carbocycles. The Kier molecular flexibility index (Phi) is 4.52. The van der Waals surface area contributed by atoms with E-state index in [0.717, 1.165) is 44.6 Å². The van der Waals surface area contributed by atoms with Crippen LogP contribution in [0.4, 0.5) is 5.69 Å². The summed E-state index contributed by atoms with van der Waals surface area (Å²) in [4.78, 5) is 4.42. The molecule has 0 aliphatic heterocycles. The van der Waals surface area contributed by atoms with Crippen LogP contribution in [0, 0.1) is 0 Å². The summed E-state index contributed by atoms with van der Waals surface area (Å²) in [7, 11) is 3.58. The predicted octanol–water partition coefficient (Wildman–Crippen LogP) is 3.91. The summed E-state index contributed by atoms with van der Waals surface area (Å²) in [6, 6.07) is 8.10. The smallest absolute Gasteiger partial charge is 0.216 e. The second-order valence-corrected chi connectivity index (χ2v) is 6.20. The number of pyridine rings is 1. The molecule has 0 aliphatic rings. The van der Waals surface area contributed by atoms with Crippen LogP contribution in [0.2, 0.25) is 0 Å².